The Morgan fingerprint density at radius 1 is 1.27 bits per heavy atom. The summed E-state index contributed by atoms with van der Waals surface area (Å²) in [6.45, 7) is 3.59. The average molecular weight is 369 g/mol. The van der Waals surface area contributed by atoms with Gasteiger partial charge in [-0.05, 0) is 31.2 Å². The number of carbonyl (C=O) groups is 2. The number of pyridine rings is 1. The molecule has 3 rings (SSSR count). The molecule has 1 aliphatic rings. The fraction of sp³-hybridized carbons (Fsp3) is 0.350. The van der Waals surface area contributed by atoms with Gasteiger partial charge in [0, 0.05) is 36.4 Å². The van der Waals surface area contributed by atoms with E-state index in [1.807, 2.05) is 18.2 Å². The Morgan fingerprint density at radius 2 is 2.08 bits per heavy atom. The monoisotopic (exact) mass is 369 g/mol. The van der Waals surface area contributed by atoms with Crippen molar-refractivity contribution < 1.29 is 9.59 Å². The zero-order valence-electron chi connectivity index (χ0n) is 14.9. The van der Waals surface area contributed by atoms with Gasteiger partial charge in [0.2, 0.25) is 11.8 Å². The fourth-order valence-corrected chi connectivity index (χ4v) is 3.68. The molecule has 1 aromatic carbocycles. The number of nitrogens with zero attached hydrogens (tertiary/aromatic N) is 2. The number of benzene rings is 1. The second-order valence-electron chi connectivity index (χ2n) is 6.45. The van der Waals surface area contributed by atoms with Crippen LogP contribution in [0.4, 0.5) is 0 Å². The van der Waals surface area contributed by atoms with Crippen LogP contribution >= 0.6 is 11.8 Å². The highest BCUT2D eigenvalue weighted by molar-refractivity contribution is 7.99. The summed E-state index contributed by atoms with van der Waals surface area (Å²) in [5, 5.41) is 2.96. The van der Waals surface area contributed by atoms with E-state index in [0.717, 1.165) is 11.4 Å². The molecule has 2 heterocycles. The van der Waals surface area contributed by atoms with Gasteiger partial charge in [-0.15, -0.1) is 11.8 Å². The van der Waals surface area contributed by atoms with E-state index in [4.69, 9.17) is 0 Å². The molecule has 1 aromatic heterocycles. The molecule has 0 bridgehead atoms. The van der Waals surface area contributed by atoms with Crippen molar-refractivity contribution >= 4 is 23.6 Å². The number of amides is 2. The van der Waals surface area contributed by atoms with Gasteiger partial charge < -0.3 is 10.2 Å². The number of aromatic nitrogens is 1. The molecule has 26 heavy (non-hydrogen) atoms. The highest BCUT2D eigenvalue weighted by Gasteiger charge is 2.34. The third-order valence-corrected chi connectivity index (χ3v) is 5.37. The minimum Gasteiger partial charge on any atom is -0.355 e. The first-order valence-corrected chi connectivity index (χ1v) is 9.75. The Labute approximate surface area is 158 Å². The molecule has 0 saturated carbocycles. The van der Waals surface area contributed by atoms with E-state index in [1.165, 1.54) is 10.5 Å². The Hall–Kier alpha value is -2.34. The van der Waals surface area contributed by atoms with Crippen LogP contribution in [-0.4, -0.2) is 40.5 Å². The van der Waals surface area contributed by atoms with E-state index in [2.05, 4.69) is 41.5 Å². The summed E-state index contributed by atoms with van der Waals surface area (Å²) in [6.07, 6.45) is 2.00. The number of rotatable bonds is 7. The van der Waals surface area contributed by atoms with E-state index in [1.54, 1.807) is 22.9 Å². The van der Waals surface area contributed by atoms with Crippen molar-refractivity contribution in [3.63, 3.8) is 0 Å². The van der Waals surface area contributed by atoms with Crippen LogP contribution in [-0.2, 0) is 16.1 Å². The zero-order valence-corrected chi connectivity index (χ0v) is 15.7. The molecule has 0 aliphatic carbocycles. The Bertz CT molecular complexity index is 749. The summed E-state index contributed by atoms with van der Waals surface area (Å²) in [5.41, 5.74) is 2.08. The standard InChI is InChI=1S/C20H23N3O2S/c1-15-5-7-18(8-6-15)26-11-10-22-20(25)16-12-19(24)23(13-16)14-17-4-2-3-9-21-17/h2-9,16H,10-14H2,1H3,(H,22,25). The van der Waals surface area contributed by atoms with Gasteiger partial charge in [-0.2, -0.15) is 0 Å². The van der Waals surface area contributed by atoms with Crippen molar-refractivity contribution in [1.29, 1.82) is 0 Å². The molecule has 1 unspecified atom stereocenters. The lowest BCUT2D eigenvalue weighted by Gasteiger charge is -2.16. The van der Waals surface area contributed by atoms with E-state index < -0.39 is 0 Å². The summed E-state index contributed by atoms with van der Waals surface area (Å²) in [5.74, 6) is 0.527. The van der Waals surface area contributed by atoms with Crippen LogP contribution in [0.5, 0.6) is 0 Å². The number of thioether (sulfide) groups is 1. The maximum absolute atomic E-state index is 12.3. The molecule has 1 fully saturated rings. The first-order chi connectivity index (χ1) is 12.6. The highest BCUT2D eigenvalue weighted by atomic mass is 32.2. The Morgan fingerprint density at radius 3 is 2.81 bits per heavy atom. The molecule has 6 heteroatoms. The highest BCUT2D eigenvalue weighted by Crippen LogP contribution is 2.20. The molecule has 0 radical (unpaired) electrons. The van der Waals surface area contributed by atoms with Gasteiger partial charge >= 0.3 is 0 Å². The molecular formula is C20H23N3O2S. The number of aryl methyl sites for hydroxylation is 1. The van der Waals surface area contributed by atoms with E-state index in [9.17, 15) is 9.59 Å². The molecular weight excluding hydrogens is 346 g/mol. The average Bonchev–Trinajstić information content (AvgIpc) is 3.01. The zero-order chi connectivity index (χ0) is 18.4. The molecule has 1 saturated heterocycles. The summed E-state index contributed by atoms with van der Waals surface area (Å²) in [4.78, 5) is 31.6. The summed E-state index contributed by atoms with van der Waals surface area (Å²) in [7, 11) is 0. The third-order valence-electron chi connectivity index (χ3n) is 4.36. The van der Waals surface area contributed by atoms with Crippen LogP contribution in [0.2, 0.25) is 0 Å². The van der Waals surface area contributed by atoms with Crippen molar-refractivity contribution in [1.82, 2.24) is 15.2 Å². The smallest absolute Gasteiger partial charge is 0.225 e. The van der Waals surface area contributed by atoms with Crippen molar-refractivity contribution in [2.24, 2.45) is 5.92 Å². The van der Waals surface area contributed by atoms with Gasteiger partial charge in [0.15, 0.2) is 0 Å². The number of hydrogen-bond acceptors (Lipinski definition) is 4. The second kappa shape index (κ2) is 8.85. The number of hydrogen-bond donors (Lipinski definition) is 1. The predicted molar refractivity (Wildman–Crippen MR) is 103 cm³/mol. The number of likely N-dealkylation sites (tertiary alicyclic amines) is 1. The quantitative estimate of drug-likeness (QED) is 0.602. The van der Waals surface area contributed by atoms with Crippen LogP contribution in [0.25, 0.3) is 0 Å². The topological polar surface area (TPSA) is 62.3 Å². The molecule has 2 aromatic rings. The second-order valence-corrected chi connectivity index (χ2v) is 7.62. The molecule has 136 valence electrons. The SMILES string of the molecule is Cc1ccc(SCCNC(=O)C2CC(=O)N(Cc3ccccn3)C2)cc1. The van der Waals surface area contributed by atoms with Crippen LogP contribution in [0, 0.1) is 12.8 Å². The number of nitrogens with one attached hydrogen (secondary N) is 1. The lowest BCUT2D eigenvalue weighted by atomic mass is 10.1. The third kappa shape index (κ3) is 5.08. The summed E-state index contributed by atoms with van der Waals surface area (Å²) >= 11 is 1.72. The van der Waals surface area contributed by atoms with Crippen molar-refractivity contribution in [3.05, 3.63) is 59.9 Å². The van der Waals surface area contributed by atoms with Crippen LogP contribution in [0.15, 0.2) is 53.6 Å². The molecule has 5 nitrogen and oxygen atoms in total. The minimum absolute atomic E-state index is 0.0184. The number of carbonyl (C=O) groups excluding carboxylic acids is 2. The van der Waals surface area contributed by atoms with Gasteiger partial charge in [0.1, 0.15) is 0 Å². The summed E-state index contributed by atoms with van der Waals surface area (Å²) in [6, 6.07) is 14.0. The van der Waals surface area contributed by atoms with Gasteiger partial charge in [-0.1, -0.05) is 23.8 Å². The molecule has 1 N–H and O–H groups in total. The Balaban J connectivity index is 1.41. The molecule has 1 aliphatic heterocycles. The minimum atomic E-state index is -0.268. The van der Waals surface area contributed by atoms with Crippen LogP contribution in [0.3, 0.4) is 0 Å². The normalized spacial score (nSPS) is 16.7. The van der Waals surface area contributed by atoms with Crippen molar-refractivity contribution in [2.75, 3.05) is 18.8 Å². The maximum Gasteiger partial charge on any atom is 0.225 e. The molecule has 1 atom stereocenters. The maximum atomic E-state index is 12.3. The van der Waals surface area contributed by atoms with E-state index in [0.29, 0.717) is 19.6 Å². The first-order valence-electron chi connectivity index (χ1n) is 8.76. The van der Waals surface area contributed by atoms with Gasteiger partial charge in [0.05, 0.1) is 18.2 Å². The lowest BCUT2D eigenvalue weighted by Crippen LogP contribution is -2.34. The lowest BCUT2D eigenvalue weighted by molar-refractivity contribution is -0.129. The molecule has 2 amide bonds. The van der Waals surface area contributed by atoms with Crippen molar-refractivity contribution in [2.45, 2.75) is 24.8 Å². The van der Waals surface area contributed by atoms with Crippen LogP contribution in [0.1, 0.15) is 17.7 Å². The fourth-order valence-electron chi connectivity index (χ4n) is 2.91. The first kappa shape index (κ1) is 18.5. The predicted octanol–water partition coefficient (Wildman–Crippen LogP) is 2.65. The Kier molecular flexibility index (Phi) is 6.28. The van der Waals surface area contributed by atoms with Gasteiger partial charge in [0.25, 0.3) is 0 Å². The van der Waals surface area contributed by atoms with E-state index in [-0.39, 0.29) is 24.2 Å². The van der Waals surface area contributed by atoms with Crippen molar-refractivity contribution in [3.8, 4) is 0 Å². The van der Waals surface area contributed by atoms with E-state index >= 15 is 0 Å². The largest absolute Gasteiger partial charge is 0.355 e. The van der Waals surface area contributed by atoms with Crippen LogP contribution < -0.4 is 5.32 Å². The summed E-state index contributed by atoms with van der Waals surface area (Å²) < 4.78 is 0. The van der Waals surface area contributed by atoms with Gasteiger partial charge in [-0.25, -0.2) is 0 Å². The van der Waals surface area contributed by atoms with Gasteiger partial charge in [-0.3, -0.25) is 14.6 Å². The molecule has 0 spiro atoms.